The smallest absolute Gasteiger partial charge is 0.297 e. The highest BCUT2D eigenvalue weighted by Crippen LogP contribution is 2.23. The van der Waals surface area contributed by atoms with Crippen LogP contribution < -0.4 is 11.2 Å². The van der Waals surface area contributed by atoms with Crippen molar-refractivity contribution >= 4 is 29.5 Å². The van der Waals surface area contributed by atoms with E-state index in [1.165, 1.54) is 6.21 Å². The van der Waals surface area contributed by atoms with Crippen molar-refractivity contribution in [2.24, 2.45) is 5.10 Å². The summed E-state index contributed by atoms with van der Waals surface area (Å²) in [6.45, 7) is 0. The van der Waals surface area contributed by atoms with Gasteiger partial charge < -0.3 is 10.2 Å². The van der Waals surface area contributed by atoms with Crippen LogP contribution in [0.1, 0.15) is 16.2 Å². The zero-order chi connectivity index (χ0) is 16.2. The lowest BCUT2D eigenvalue weighted by molar-refractivity contribution is 0.0946. The Kier molecular flexibility index (Phi) is 4.07. The van der Waals surface area contributed by atoms with Crippen LogP contribution in [0.15, 0.2) is 50.5 Å². The van der Waals surface area contributed by atoms with Crippen molar-refractivity contribution in [1.29, 1.82) is 0 Å². The normalized spacial score (nSPS) is 11.0. The van der Waals surface area contributed by atoms with E-state index in [0.29, 0.717) is 16.5 Å². The molecule has 0 fully saturated rings. The predicted molar refractivity (Wildman–Crippen MR) is 82.9 cm³/mol. The fraction of sp³-hybridized carbons (Fsp3) is 0. The topological polar surface area (TPSA) is 120 Å². The second kappa shape index (κ2) is 6.32. The largest absolute Gasteiger partial charge is 0.455 e. The van der Waals surface area contributed by atoms with E-state index in [4.69, 9.17) is 21.8 Å². The second-order valence-electron chi connectivity index (χ2n) is 4.41. The van der Waals surface area contributed by atoms with E-state index in [9.17, 15) is 4.79 Å². The SMILES string of the molecule is Nc1nonc1C(=O)N/N=C/c1ccc(-c2ccc(Cl)cc2)o1. The van der Waals surface area contributed by atoms with Crippen LogP contribution >= 0.6 is 11.6 Å². The molecule has 2 aromatic heterocycles. The standard InChI is InChI=1S/C14H10ClN5O3/c15-9-3-1-8(2-4-9)11-6-5-10(22-11)7-17-18-14(21)12-13(16)20-23-19-12/h1-7H,(H2,16,20)(H,18,21)/b17-7+. The average molecular weight is 332 g/mol. The Labute approximate surface area is 134 Å². The van der Waals surface area contributed by atoms with Crippen molar-refractivity contribution in [3.05, 3.63) is 52.9 Å². The van der Waals surface area contributed by atoms with E-state index < -0.39 is 5.91 Å². The van der Waals surface area contributed by atoms with Crippen LogP contribution in [0.3, 0.4) is 0 Å². The number of nitrogens with one attached hydrogen (secondary N) is 1. The van der Waals surface area contributed by atoms with Gasteiger partial charge in [-0.2, -0.15) is 5.10 Å². The molecule has 116 valence electrons. The number of hydrogen-bond acceptors (Lipinski definition) is 7. The molecule has 0 bridgehead atoms. The Morgan fingerprint density at radius 1 is 1.22 bits per heavy atom. The monoisotopic (exact) mass is 331 g/mol. The molecule has 0 atom stereocenters. The van der Waals surface area contributed by atoms with Crippen molar-refractivity contribution in [2.45, 2.75) is 0 Å². The molecule has 9 heteroatoms. The van der Waals surface area contributed by atoms with Gasteiger partial charge in [-0.15, -0.1) is 0 Å². The molecule has 0 aliphatic carbocycles. The Morgan fingerprint density at radius 3 is 2.70 bits per heavy atom. The molecule has 3 N–H and O–H groups in total. The summed E-state index contributed by atoms with van der Waals surface area (Å²) in [5.41, 5.74) is 8.37. The van der Waals surface area contributed by atoms with Gasteiger partial charge in [-0.25, -0.2) is 10.1 Å². The quantitative estimate of drug-likeness (QED) is 0.559. The Hall–Kier alpha value is -3.13. The minimum Gasteiger partial charge on any atom is -0.455 e. The highest BCUT2D eigenvalue weighted by molar-refractivity contribution is 6.30. The van der Waals surface area contributed by atoms with E-state index in [2.05, 4.69) is 25.5 Å². The number of hydrazone groups is 1. The van der Waals surface area contributed by atoms with Gasteiger partial charge in [0.1, 0.15) is 11.5 Å². The molecule has 0 aliphatic rings. The highest BCUT2D eigenvalue weighted by atomic mass is 35.5. The van der Waals surface area contributed by atoms with Crippen LogP contribution in [0.2, 0.25) is 5.02 Å². The molecule has 3 rings (SSSR count). The first-order valence-corrected chi connectivity index (χ1v) is 6.78. The lowest BCUT2D eigenvalue weighted by Crippen LogP contribution is -2.19. The molecule has 8 nitrogen and oxygen atoms in total. The van der Waals surface area contributed by atoms with Crippen LogP contribution in [0.4, 0.5) is 5.82 Å². The Bertz CT molecular complexity index is 853. The first kappa shape index (κ1) is 14.8. The van der Waals surface area contributed by atoms with Gasteiger partial charge in [-0.05, 0) is 46.7 Å². The number of nitrogens with zero attached hydrogens (tertiary/aromatic N) is 3. The lowest BCUT2D eigenvalue weighted by Gasteiger charge is -1.96. The van der Waals surface area contributed by atoms with Gasteiger partial charge in [0.25, 0.3) is 5.91 Å². The number of halogens is 1. The molecule has 0 saturated heterocycles. The van der Waals surface area contributed by atoms with Crippen molar-refractivity contribution in [1.82, 2.24) is 15.7 Å². The number of benzene rings is 1. The van der Waals surface area contributed by atoms with Crippen LogP contribution in [-0.4, -0.2) is 22.4 Å². The number of carbonyl (C=O) groups is 1. The number of anilines is 1. The zero-order valence-electron chi connectivity index (χ0n) is 11.6. The molecule has 0 aliphatic heterocycles. The summed E-state index contributed by atoms with van der Waals surface area (Å²) >= 11 is 5.84. The van der Waals surface area contributed by atoms with Gasteiger partial charge in [0.15, 0.2) is 0 Å². The molecule has 0 radical (unpaired) electrons. The number of aromatic nitrogens is 2. The number of nitrogens with two attached hydrogens (primary N) is 1. The fourth-order valence-electron chi connectivity index (χ4n) is 1.75. The van der Waals surface area contributed by atoms with Crippen molar-refractivity contribution in [3.8, 4) is 11.3 Å². The third-order valence-electron chi connectivity index (χ3n) is 2.84. The molecule has 2 heterocycles. The van der Waals surface area contributed by atoms with Gasteiger partial charge >= 0.3 is 0 Å². The van der Waals surface area contributed by atoms with Gasteiger partial charge in [-0.1, -0.05) is 11.6 Å². The number of hydrogen-bond donors (Lipinski definition) is 2. The predicted octanol–water partition coefficient (Wildman–Crippen LogP) is 2.33. The summed E-state index contributed by atoms with van der Waals surface area (Å²) in [7, 11) is 0. The molecule has 23 heavy (non-hydrogen) atoms. The third kappa shape index (κ3) is 3.38. The summed E-state index contributed by atoms with van der Waals surface area (Å²) in [6.07, 6.45) is 1.35. The van der Waals surface area contributed by atoms with Crippen molar-refractivity contribution in [3.63, 3.8) is 0 Å². The molecular weight excluding hydrogens is 322 g/mol. The molecular formula is C14H10ClN5O3. The van der Waals surface area contributed by atoms with Crippen LogP contribution in [-0.2, 0) is 0 Å². The maximum atomic E-state index is 11.7. The molecule has 1 amide bonds. The molecule has 0 unspecified atom stereocenters. The molecule has 0 saturated carbocycles. The third-order valence-corrected chi connectivity index (χ3v) is 3.09. The number of rotatable bonds is 4. The molecule has 0 spiro atoms. The summed E-state index contributed by atoms with van der Waals surface area (Å²) in [5.74, 6) is 0.367. The number of carbonyl (C=O) groups excluding carboxylic acids is 1. The maximum Gasteiger partial charge on any atom is 0.297 e. The van der Waals surface area contributed by atoms with Crippen LogP contribution in [0.5, 0.6) is 0 Å². The Morgan fingerprint density at radius 2 is 2.00 bits per heavy atom. The van der Waals surface area contributed by atoms with Gasteiger partial charge in [0.2, 0.25) is 11.5 Å². The lowest BCUT2D eigenvalue weighted by atomic mass is 10.2. The molecule has 3 aromatic rings. The average Bonchev–Trinajstić information content (AvgIpc) is 3.17. The summed E-state index contributed by atoms with van der Waals surface area (Å²) in [5, 5.41) is 11.1. The highest BCUT2D eigenvalue weighted by Gasteiger charge is 2.14. The van der Waals surface area contributed by atoms with E-state index >= 15 is 0 Å². The van der Waals surface area contributed by atoms with Gasteiger partial charge in [0.05, 0.1) is 6.21 Å². The minimum atomic E-state index is -0.635. The van der Waals surface area contributed by atoms with Gasteiger partial charge in [0, 0.05) is 10.6 Å². The van der Waals surface area contributed by atoms with E-state index in [-0.39, 0.29) is 11.5 Å². The van der Waals surface area contributed by atoms with Crippen molar-refractivity contribution < 1.29 is 13.8 Å². The second-order valence-corrected chi connectivity index (χ2v) is 4.84. The maximum absolute atomic E-state index is 11.7. The summed E-state index contributed by atoms with van der Waals surface area (Å²) < 4.78 is 9.92. The summed E-state index contributed by atoms with van der Waals surface area (Å²) in [4.78, 5) is 11.7. The summed E-state index contributed by atoms with van der Waals surface area (Å²) in [6, 6.07) is 10.7. The van der Waals surface area contributed by atoms with Gasteiger partial charge in [-0.3, -0.25) is 4.79 Å². The Balaban J connectivity index is 1.66. The van der Waals surface area contributed by atoms with E-state index in [1.807, 2.05) is 12.1 Å². The number of nitrogen functional groups attached to an aromatic ring is 1. The number of amides is 1. The number of furan rings is 1. The minimum absolute atomic E-state index is 0.110. The molecule has 1 aromatic carbocycles. The first-order valence-electron chi connectivity index (χ1n) is 6.40. The van der Waals surface area contributed by atoms with E-state index in [0.717, 1.165) is 5.56 Å². The fourth-order valence-corrected chi connectivity index (χ4v) is 1.88. The van der Waals surface area contributed by atoms with E-state index in [1.54, 1.807) is 24.3 Å². The van der Waals surface area contributed by atoms with Crippen LogP contribution in [0, 0.1) is 0 Å². The van der Waals surface area contributed by atoms with Crippen molar-refractivity contribution in [2.75, 3.05) is 5.73 Å². The van der Waals surface area contributed by atoms with Crippen LogP contribution in [0.25, 0.3) is 11.3 Å². The first-order chi connectivity index (χ1) is 11.1. The zero-order valence-corrected chi connectivity index (χ0v) is 12.3.